The van der Waals surface area contributed by atoms with Gasteiger partial charge in [-0.25, -0.2) is 5.43 Å². The van der Waals surface area contributed by atoms with E-state index in [1.54, 1.807) is 18.3 Å². The number of carbonyl (C=O) groups excluding carboxylic acids is 1. The van der Waals surface area contributed by atoms with Crippen molar-refractivity contribution in [2.75, 3.05) is 0 Å². The van der Waals surface area contributed by atoms with Gasteiger partial charge < -0.3 is 5.73 Å². The minimum Gasteiger partial charge on any atom is -0.315 e. The Balaban J connectivity index is 2.34. The molecule has 0 fully saturated rings. The highest BCUT2D eigenvalue weighted by atomic mass is 16.2. The zero-order chi connectivity index (χ0) is 9.26. The van der Waals surface area contributed by atoms with Crippen molar-refractivity contribution in [2.24, 2.45) is 10.8 Å². The number of nitrogens with one attached hydrogen (secondary N) is 1. The van der Waals surface area contributed by atoms with Crippen LogP contribution in [0, 0.1) is 0 Å². The Morgan fingerprint density at radius 2 is 2.38 bits per heavy atom. The summed E-state index contributed by atoms with van der Waals surface area (Å²) < 4.78 is 0. The van der Waals surface area contributed by atoms with Gasteiger partial charge in [0.15, 0.2) is 0 Å². The molecule has 2 rings (SSSR count). The summed E-state index contributed by atoms with van der Waals surface area (Å²) in [5.74, 6) is -0.319. The van der Waals surface area contributed by atoms with Crippen molar-refractivity contribution in [3.05, 3.63) is 24.0 Å². The number of hydrogen-bond donors (Lipinski definition) is 2. The van der Waals surface area contributed by atoms with Crippen molar-refractivity contribution in [2.45, 2.75) is 6.04 Å². The molecule has 66 valence electrons. The van der Waals surface area contributed by atoms with Crippen molar-refractivity contribution in [1.29, 1.82) is 0 Å². The zero-order valence-electron chi connectivity index (χ0n) is 6.64. The summed E-state index contributed by atoms with van der Waals surface area (Å²) in [5.41, 5.74) is 8.77. The SMILES string of the molecule is NC1C(=O)NN=C1c1cccnn1. The van der Waals surface area contributed by atoms with Crippen molar-refractivity contribution >= 4 is 11.6 Å². The fourth-order valence-electron chi connectivity index (χ4n) is 1.03. The molecule has 1 aromatic rings. The first-order valence-corrected chi connectivity index (χ1v) is 3.70. The first-order chi connectivity index (χ1) is 6.29. The van der Waals surface area contributed by atoms with Crippen LogP contribution in [0.25, 0.3) is 0 Å². The fraction of sp³-hybridized carbons (Fsp3) is 0.143. The number of hydrazone groups is 1. The highest BCUT2D eigenvalue weighted by Gasteiger charge is 2.27. The second-order valence-electron chi connectivity index (χ2n) is 2.56. The fourth-order valence-corrected chi connectivity index (χ4v) is 1.03. The van der Waals surface area contributed by atoms with E-state index in [2.05, 4.69) is 20.7 Å². The Labute approximate surface area is 73.8 Å². The van der Waals surface area contributed by atoms with Gasteiger partial charge in [-0.05, 0) is 12.1 Å². The van der Waals surface area contributed by atoms with E-state index in [9.17, 15) is 4.79 Å². The summed E-state index contributed by atoms with van der Waals surface area (Å²) in [6, 6.07) is 2.67. The van der Waals surface area contributed by atoms with Gasteiger partial charge in [0.25, 0.3) is 5.91 Å². The lowest BCUT2D eigenvalue weighted by Gasteiger charge is -2.00. The Bertz CT molecular complexity index is 360. The number of aromatic nitrogens is 2. The molecular weight excluding hydrogens is 170 g/mol. The number of carbonyl (C=O) groups is 1. The van der Waals surface area contributed by atoms with Crippen LogP contribution < -0.4 is 11.2 Å². The molecular formula is C7H7N5O. The smallest absolute Gasteiger partial charge is 0.263 e. The second kappa shape index (κ2) is 2.91. The quantitative estimate of drug-likeness (QED) is 0.554. The number of nitrogens with zero attached hydrogens (tertiary/aromatic N) is 3. The van der Waals surface area contributed by atoms with Gasteiger partial charge in [0.05, 0.1) is 0 Å². The molecule has 0 saturated carbocycles. The first kappa shape index (κ1) is 7.81. The molecule has 6 nitrogen and oxygen atoms in total. The monoisotopic (exact) mass is 177 g/mol. The second-order valence-corrected chi connectivity index (χ2v) is 2.56. The van der Waals surface area contributed by atoms with E-state index in [1.165, 1.54) is 0 Å². The van der Waals surface area contributed by atoms with E-state index >= 15 is 0 Å². The van der Waals surface area contributed by atoms with E-state index in [-0.39, 0.29) is 5.91 Å². The Morgan fingerprint density at radius 1 is 1.54 bits per heavy atom. The molecule has 0 spiro atoms. The van der Waals surface area contributed by atoms with Crippen LogP contribution in [0.1, 0.15) is 5.69 Å². The molecule has 1 aromatic heterocycles. The first-order valence-electron chi connectivity index (χ1n) is 3.70. The molecule has 1 unspecified atom stereocenters. The average Bonchev–Trinajstić information content (AvgIpc) is 2.49. The lowest BCUT2D eigenvalue weighted by Crippen LogP contribution is -2.38. The van der Waals surface area contributed by atoms with Gasteiger partial charge in [-0.1, -0.05) is 0 Å². The Hall–Kier alpha value is -1.82. The molecule has 13 heavy (non-hydrogen) atoms. The van der Waals surface area contributed by atoms with Crippen molar-refractivity contribution < 1.29 is 4.79 Å². The van der Waals surface area contributed by atoms with Crippen LogP contribution in [0.5, 0.6) is 0 Å². The molecule has 1 atom stereocenters. The third-order valence-corrected chi connectivity index (χ3v) is 1.70. The van der Waals surface area contributed by atoms with Crippen molar-refractivity contribution in [1.82, 2.24) is 15.6 Å². The molecule has 0 aromatic carbocycles. The van der Waals surface area contributed by atoms with E-state index in [4.69, 9.17) is 5.73 Å². The summed E-state index contributed by atoms with van der Waals surface area (Å²) in [7, 11) is 0. The number of amides is 1. The van der Waals surface area contributed by atoms with Crippen LogP contribution in [-0.2, 0) is 4.79 Å². The van der Waals surface area contributed by atoms with Crippen LogP contribution in [0.15, 0.2) is 23.4 Å². The van der Waals surface area contributed by atoms with E-state index in [0.717, 1.165) is 0 Å². The van der Waals surface area contributed by atoms with E-state index in [1.807, 2.05) is 0 Å². The van der Waals surface area contributed by atoms with Gasteiger partial charge in [-0.15, -0.1) is 5.10 Å². The summed E-state index contributed by atoms with van der Waals surface area (Å²) in [6.07, 6.45) is 1.54. The molecule has 0 bridgehead atoms. The third kappa shape index (κ3) is 1.27. The van der Waals surface area contributed by atoms with Gasteiger partial charge in [-0.2, -0.15) is 10.2 Å². The zero-order valence-corrected chi connectivity index (χ0v) is 6.64. The largest absolute Gasteiger partial charge is 0.315 e. The number of hydrogen-bond acceptors (Lipinski definition) is 5. The maximum atomic E-state index is 11.0. The molecule has 2 heterocycles. The topological polar surface area (TPSA) is 93.3 Å². The predicted octanol–water partition coefficient (Wildman–Crippen LogP) is -1.36. The summed E-state index contributed by atoms with van der Waals surface area (Å²) in [5, 5.41) is 11.2. The molecule has 1 aliphatic rings. The standard InChI is InChI=1S/C7H7N5O/c8-5-6(11-12-7(5)13)4-2-1-3-9-10-4/h1-3,5H,8H2,(H,12,13). The molecule has 1 amide bonds. The molecule has 1 aliphatic heterocycles. The normalized spacial score (nSPS) is 21.2. The molecule has 6 heteroatoms. The van der Waals surface area contributed by atoms with E-state index in [0.29, 0.717) is 11.4 Å². The lowest BCUT2D eigenvalue weighted by molar-refractivity contribution is -0.120. The van der Waals surface area contributed by atoms with Crippen LogP contribution in [0.3, 0.4) is 0 Å². The van der Waals surface area contributed by atoms with Gasteiger partial charge in [0, 0.05) is 6.20 Å². The molecule has 0 saturated heterocycles. The predicted molar refractivity (Wildman–Crippen MR) is 44.7 cm³/mol. The summed E-state index contributed by atoms with van der Waals surface area (Å²) >= 11 is 0. The van der Waals surface area contributed by atoms with Crippen LogP contribution in [0.4, 0.5) is 0 Å². The summed E-state index contributed by atoms with van der Waals surface area (Å²) in [6.45, 7) is 0. The third-order valence-electron chi connectivity index (χ3n) is 1.70. The van der Waals surface area contributed by atoms with Gasteiger partial charge in [-0.3, -0.25) is 4.79 Å². The minimum atomic E-state index is -0.739. The van der Waals surface area contributed by atoms with Crippen molar-refractivity contribution in [3.63, 3.8) is 0 Å². The van der Waals surface area contributed by atoms with Gasteiger partial charge in [0.1, 0.15) is 17.4 Å². The highest BCUT2D eigenvalue weighted by molar-refractivity contribution is 6.18. The van der Waals surface area contributed by atoms with Crippen LogP contribution in [-0.4, -0.2) is 27.9 Å². The average molecular weight is 177 g/mol. The highest BCUT2D eigenvalue weighted by Crippen LogP contribution is 2.03. The summed E-state index contributed by atoms with van der Waals surface area (Å²) in [4.78, 5) is 11.0. The molecule has 0 radical (unpaired) electrons. The minimum absolute atomic E-state index is 0.319. The lowest BCUT2D eigenvalue weighted by atomic mass is 10.1. The van der Waals surface area contributed by atoms with Gasteiger partial charge in [0.2, 0.25) is 0 Å². The van der Waals surface area contributed by atoms with Crippen LogP contribution in [0.2, 0.25) is 0 Å². The Morgan fingerprint density at radius 3 is 2.92 bits per heavy atom. The van der Waals surface area contributed by atoms with Crippen molar-refractivity contribution in [3.8, 4) is 0 Å². The maximum Gasteiger partial charge on any atom is 0.263 e. The molecule has 0 aliphatic carbocycles. The number of nitrogens with two attached hydrogens (primary N) is 1. The maximum absolute atomic E-state index is 11.0. The van der Waals surface area contributed by atoms with Crippen LogP contribution >= 0.6 is 0 Å². The number of rotatable bonds is 1. The Kier molecular flexibility index (Phi) is 1.75. The van der Waals surface area contributed by atoms with Gasteiger partial charge >= 0.3 is 0 Å². The molecule has 3 N–H and O–H groups in total. The van der Waals surface area contributed by atoms with E-state index < -0.39 is 6.04 Å².